The molecule has 0 amide bonds. The van der Waals surface area contributed by atoms with Crippen LogP contribution in [0.5, 0.6) is 0 Å². The molecular weight excluding hydrogens is 348 g/mol. The van der Waals surface area contributed by atoms with Crippen LogP contribution in [-0.4, -0.2) is 34.7 Å². The molecule has 1 aliphatic heterocycles. The van der Waals surface area contributed by atoms with E-state index in [0.29, 0.717) is 29.7 Å². The number of esters is 2. The quantitative estimate of drug-likeness (QED) is 0.571. The van der Waals surface area contributed by atoms with Crippen LogP contribution in [0, 0.1) is 12.8 Å². The minimum absolute atomic E-state index is 0.0787. The standard InChI is InChI=1S/C20H24N2O5/c1-4-26-19(24)15(20(25)27-5-2)11-13-9-10-22-17(13)21-16-12(3)7-6-8-14(16)18(22)23/h6-8,13,15H,4-5,9-11H2,1-3H3. The van der Waals surface area contributed by atoms with Gasteiger partial charge in [0, 0.05) is 12.5 Å². The zero-order valence-electron chi connectivity index (χ0n) is 15.9. The summed E-state index contributed by atoms with van der Waals surface area (Å²) < 4.78 is 11.8. The van der Waals surface area contributed by atoms with Gasteiger partial charge in [0.15, 0.2) is 5.92 Å². The second kappa shape index (κ2) is 7.90. The summed E-state index contributed by atoms with van der Waals surface area (Å²) in [5.74, 6) is -1.74. The van der Waals surface area contributed by atoms with Crippen molar-refractivity contribution < 1.29 is 19.1 Å². The Labute approximate surface area is 157 Å². The first-order chi connectivity index (χ1) is 13.0. The smallest absolute Gasteiger partial charge is 0.320 e. The SMILES string of the molecule is CCOC(=O)C(CC1CCn2c1nc1c(C)cccc1c2=O)C(=O)OCC. The number of hydrogen-bond acceptors (Lipinski definition) is 6. The van der Waals surface area contributed by atoms with Crippen molar-refractivity contribution in [3.63, 3.8) is 0 Å². The molecule has 2 heterocycles. The summed E-state index contributed by atoms with van der Waals surface area (Å²) in [5, 5.41) is 0.590. The van der Waals surface area contributed by atoms with Gasteiger partial charge < -0.3 is 9.47 Å². The van der Waals surface area contributed by atoms with Crippen molar-refractivity contribution in [1.82, 2.24) is 9.55 Å². The predicted molar refractivity (Wildman–Crippen MR) is 99.5 cm³/mol. The Morgan fingerprint density at radius 3 is 2.52 bits per heavy atom. The molecule has 1 aromatic carbocycles. The van der Waals surface area contributed by atoms with Crippen molar-refractivity contribution in [2.24, 2.45) is 5.92 Å². The molecule has 7 nitrogen and oxygen atoms in total. The molecule has 3 rings (SSSR count). The molecule has 1 atom stereocenters. The maximum atomic E-state index is 12.8. The molecule has 1 unspecified atom stereocenters. The maximum Gasteiger partial charge on any atom is 0.320 e. The van der Waals surface area contributed by atoms with Crippen molar-refractivity contribution in [2.45, 2.75) is 46.1 Å². The maximum absolute atomic E-state index is 12.8. The van der Waals surface area contributed by atoms with Crippen LogP contribution in [0.3, 0.4) is 0 Å². The van der Waals surface area contributed by atoms with E-state index < -0.39 is 17.9 Å². The highest BCUT2D eigenvalue weighted by atomic mass is 16.6. The number of ether oxygens (including phenoxy) is 2. The van der Waals surface area contributed by atoms with Gasteiger partial charge in [-0.1, -0.05) is 12.1 Å². The highest BCUT2D eigenvalue weighted by Gasteiger charge is 2.36. The monoisotopic (exact) mass is 372 g/mol. The van der Waals surface area contributed by atoms with Gasteiger partial charge in [0.2, 0.25) is 0 Å². The van der Waals surface area contributed by atoms with Crippen molar-refractivity contribution in [2.75, 3.05) is 13.2 Å². The van der Waals surface area contributed by atoms with Crippen molar-refractivity contribution in [3.8, 4) is 0 Å². The van der Waals surface area contributed by atoms with E-state index in [1.165, 1.54) is 0 Å². The normalized spacial score (nSPS) is 15.8. The lowest BCUT2D eigenvalue weighted by Gasteiger charge is -2.18. The van der Waals surface area contributed by atoms with Gasteiger partial charge in [-0.05, 0) is 45.2 Å². The Morgan fingerprint density at radius 1 is 1.22 bits per heavy atom. The third kappa shape index (κ3) is 3.59. The molecule has 0 saturated heterocycles. The molecule has 0 fully saturated rings. The summed E-state index contributed by atoms with van der Waals surface area (Å²) in [5.41, 5.74) is 1.51. The average Bonchev–Trinajstić information content (AvgIpc) is 3.04. The Balaban J connectivity index is 1.97. The molecule has 27 heavy (non-hydrogen) atoms. The minimum atomic E-state index is -1.01. The molecule has 0 aliphatic carbocycles. The van der Waals surface area contributed by atoms with Crippen LogP contribution in [0.1, 0.15) is 44.0 Å². The molecule has 0 bridgehead atoms. The molecule has 144 valence electrons. The van der Waals surface area contributed by atoms with Crippen LogP contribution in [0.2, 0.25) is 0 Å². The number of rotatable bonds is 6. The molecule has 0 saturated carbocycles. The zero-order valence-corrected chi connectivity index (χ0v) is 15.9. The largest absolute Gasteiger partial charge is 0.465 e. The minimum Gasteiger partial charge on any atom is -0.465 e. The fraction of sp³-hybridized carbons (Fsp3) is 0.500. The van der Waals surface area contributed by atoms with Gasteiger partial charge in [0.05, 0.1) is 24.1 Å². The predicted octanol–water partition coefficient (Wildman–Crippen LogP) is 2.32. The number of para-hydroxylation sites is 1. The molecule has 1 aliphatic rings. The van der Waals surface area contributed by atoms with E-state index in [0.717, 1.165) is 5.56 Å². The van der Waals surface area contributed by atoms with E-state index in [9.17, 15) is 14.4 Å². The summed E-state index contributed by atoms with van der Waals surface area (Å²) in [6, 6.07) is 5.53. The molecule has 1 aromatic heterocycles. The number of benzene rings is 1. The molecule has 2 aromatic rings. The zero-order chi connectivity index (χ0) is 19.6. The van der Waals surface area contributed by atoms with Crippen LogP contribution < -0.4 is 5.56 Å². The lowest BCUT2D eigenvalue weighted by atomic mass is 9.92. The van der Waals surface area contributed by atoms with Gasteiger partial charge in [0.25, 0.3) is 5.56 Å². The summed E-state index contributed by atoms with van der Waals surface area (Å²) in [6.45, 7) is 6.21. The molecular formula is C20H24N2O5. The number of fused-ring (bicyclic) bond motifs is 2. The van der Waals surface area contributed by atoms with Gasteiger partial charge in [-0.3, -0.25) is 19.0 Å². The average molecular weight is 372 g/mol. The third-order valence-corrected chi connectivity index (χ3v) is 4.94. The fourth-order valence-electron chi connectivity index (χ4n) is 3.63. The van der Waals surface area contributed by atoms with Gasteiger partial charge in [-0.25, -0.2) is 4.98 Å². The van der Waals surface area contributed by atoms with Crippen LogP contribution in [-0.2, 0) is 25.6 Å². The van der Waals surface area contributed by atoms with Crippen molar-refractivity contribution in [1.29, 1.82) is 0 Å². The second-order valence-electron chi connectivity index (χ2n) is 6.68. The first-order valence-electron chi connectivity index (χ1n) is 9.31. The van der Waals surface area contributed by atoms with Gasteiger partial charge in [0.1, 0.15) is 5.82 Å². The Hall–Kier alpha value is -2.70. The third-order valence-electron chi connectivity index (χ3n) is 4.94. The van der Waals surface area contributed by atoms with E-state index in [1.807, 2.05) is 19.1 Å². The number of aromatic nitrogens is 2. The summed E-state index contributed by atoms with van der Waals surface area (Å²) >= 11 is 0. The second-order valence-corrected chi connectivity index (χ2v) is 6.68. The highest BCUT2D eigenvalue weighted by Crippen LogP contribution is 2.33. The van der Waals surface area contributed by atoms with Crippen LogP contribution >= 0.6 is 0 Å². The van der Waals surface area contributed by atoms with E-state index in [4.69, 9.17) is 14.5 Å². The first kappa shape index (κ1) is 19.1. The van der Waals surface area contributed by atoms with Crippen LogP contribution in [0.4, 0.5) is 0 Å². The first-order valence-corrected chi connectivity index (χ1v) is 9.31. The summed E-state index contributed by atoms with van der Waals surface area (Å²) in [4.78, 5) is 42.1. The molecule has 0 spiro atoms. The molecule has 0 N–H and O–H groups in total. The number of aryl methyl sites for hydroxylation is 1. The molecule has 0 radical (unpaired) electrons. The lowest BCUT2D eigenvalue weighted by Crippen LogP contribution is -2.30. The lowest BCUT2D eigenvalue weighted by molar-refractivity contribution is -0.162. The fourth-order valence-corrected chi connectivity index (χ4v) is 3.63. The Morgan fingerprint density at radius 2 is 1.89 bits per heavy atom. The summed E-state index contributed by atoms with van der Waals surface area (Å²) in [7, 11) is 0. The number of nitrogens with zero attached hydrogens (tertiary/aromatic N) is 2. The van der Waals surface area contributed by atoms with E-state index in [2.05, 4.69) is 0 Å². The van der Waals surface area contributed by atoms with E-state index in [-0.39, 0.29) is 31.1 Å². The van der Waals surface area contributed by atoms with E-state index >= 15 is 0 Å². The van der Waals surface area contributed by atoms with Gasteiger partial charge in [-0.2, -0.15) is 0 Å². The number of hydrogen-bond donors (Lipinski definition) is 0. The molecule has 7 heteroatoms. The number of carbonyl (C=O) groups excluding carboxylic acids is 2. The van der Waals surface area contributed by atoms with Crippen LogP contribution in [0.25, 0.3) is 10.9 Å². The highest BCUT2D eigenvalue weighted by molar-refractivity contribution is 5.95. The number of carbonyl (C=O) groups is 2. The van der Waals surface area contributed by atoms with Gasteiger partial charge in [-0.15, -0.1) is 0 Å². The van der Waals surface area contributed by atoms with E-state index in [1.54, 1.807) is 24.5 Å². The van der Waals surface area contributed by atoms with Crippen molar-refractivity contribution >= 4 is 22.8 Å². The topological polar surface area (TPSA) is 87.5 Å². The summed E-state index contributed by atoms with van der Waals surface area (Å²) in [6.07, 6.45) is 0.869. The Kier molecular flexibility index (Phi) is 5.58. The van der Waals surface area contributed by atoms with Gasteiger partial charge >= 0.3 is 11.9 Å². The Bertz CT molecular complexity index is 916. The van der Waals surface area contributed by atoms with Crippen molar-refractivity contribution in [3.05, 3.63) is 39.9 Å². The van der Waals surface area contributed by atoms with Crippen LogP contribution in [0.15, 0.2) is 23.0 Å².